The largest absolute Gasteiger partial charge is 0.352 e. The first-order chi connectivity index (χ1) is 12.6. The number of hydrogen-bond acceptors (Lipinski definition) is 5. The number of benzene rings is 1. The van der Waals surface area contributed by atoms with Crippen molar-refractivity contribution >= 4 is 28.4 Å². The third kappa shape index (κ3) is 3.05. The Labute approximate surface area is 151 Å². The number of aromatic amines is 1. The fourth-order valence-corrected chi connectivity index (χ4v) is 3.22. The summed E-state index contributed by atoms with van der Waals surface area (Å²) in [5.74, 6) is 0.910. The zero-order valence-corrected chi connectivity index (χ0v) is 14.9. The molecule has 0 saturated carbocycles. The second-order valence-electron chi connectivity index (χ2n) is 6.46. The van der Waals surface area contributed by atoms with E-state index in [4.69, 9.17) is 0 Å². The number of carbonyl (C=O) groups is 1. The third-order valence-corrected chi connectivity index (χ3v) is 4.64. The Kier molecular flexibility index (Phi) is 4.16. The molecule has 8 heteroatoms. The van der Waals surface area contributed by atoms with Gasteiger partial charge in [0.05, 0.1) is 28.8 Å². The fourth-order valence-electron chi connectivity index (χ4n) is 3.22. The van der Waals surface area contributed by atoms with Crippen LogP contribution in [0.4, 0.5) is 16.3 Å². The molecule has 0 aliphatic carbocycles. The minimum Gasteiger partial charge on any atom is -0.352 e. The van der Waals surface area contributed by atoms with Gasteiger partial charge >= 0.3 is 6.03 Å². The van der Waals surface area contributed by atoms with E-state index in [9.17, 15) is 4.79 Å². The average molecular weight is 351 g/mol. The summed E-state index contributed by atoms with van der Waals surface area (Å²) in [4.78, 5) is 25.6. The average Bonchev–Trinajstić information content (AvgIpc) is 3.14. The van der Waals surface area contributed by atoms with Crippen LogP contribution in [0.15, 0.2) is 30.6 Å². The maximum atomic E-state index is 12.6. The van der Waals surface area contributed by atoms with Gasteiger partial charge in [0, 0.05) is 37.8 Å². The van der Waals surface area contributed by atoms with Crippen molar-refractivity contribution in [3.05, 3.63) is 42.0 Å². The summed E-state index contributed by atoms with van der Waals surface area (Å²) in [7, 11) is 0. The van der Waals surface area contributed by atoms with Crippen LogP contribution in [0, 0.1) is 13.8 Å². The molecule has 26 heavy (non-hydrogen) atoms. The van der Waals surface area contributed by atoms with Crippen LogP contribution in [0.1, 0.15) is 11.4 Å². The number of carbonyl (C=O) groups excluding carboxylic acids is 1. The van der Waals surface area contributed by atoms with Crippen LogP contribution >= 0.6 is 0 Å². The second kappa shape index (κ2) is 6.62. The third-order valence-electron chi connectivity index (χ3n) is 4.64. The number of urea groups is 1. The number of amides is 2. The van der Waals surface area contributed by atoms with Gasteiger partial charge in [-0.1, -0.05) is 6.07 Å². The number of piperazine rings is 1. The van der Waals surface area contributed by atoms with E-state index in [1.807, 2.05) is 36.9 Å². The molecular formula is C18H21N7O. The summed E-state index contributed by atoms with van der Waals surface area (Å²) in [6, 6.07) is 5.62. The van der Waals surface area contributed by atoms with Crippen LogP contribution in [0.2, 0.25) is 0 Å². The highest BCUT2D eigenvalue weighted by Gasteiger charge is 2.23. The highest BCUT2D eigenvalue weighted by Crippen LogP contribution is 2.22. The van der Waals surface area contributed by atoms with Crippen molar-refractivity contribution in [2.75, 3.05) is 36.4 Å². The number of anilines is 2. The van der Waals surface area contributed by atoms with Crippen molar-refractivity contribution in [1.29, 1.82) is 0 Å². The Bertz CT molecular complexity index is 944. The lowest BCUT2D eigenvalue weighted by Gasteiger charge is -2.35. The van der Waals surface area contributed by atoms with Gasteiger partial charge in [0.2, 0.25) is 0 Å². The van der Waals surface area contributed by atoms with Gasteiger partial charge in [-0.05, 0) is 26.0 Å². The van der Waals surface area contributed by atoms with Gasteiger partial charge in [-0.2, -0.15) is 5.10 Å². The highest BCUT2D eigenvalue weighted by atomic mass is 16.2. The molecule has 0 bridgehead atoms. The van der Waals surface area contributed by atoms with Crippen molar-refractivity contribution in [2.24, 2.45) is 0 Å². The predicted molar refractivity (Wildman–Crippen MR) is 100 cm³/mol. The molecule has 1 fully saturated rings. The minimum absolute atomic E-state index is 0.0922. The molecule has 2 N–H and O–H groups in total. The monoisotopic (exact) mass is 351 g/mol. The lowest BCUT2D eigenvalue weighted by molar-refractivity contribution is 0.208. The number of aromatic nitrogens is 4. The van der Waals surface area contributed by atoms with Gasteiger partial charge in [0.1, 0.15) is 5.82 Å². The van der Waals surface area contributed by atoms with Crippen LogP contribution in [0.3, 0.4) is 0 Å². The number of fused-ring (bicyclic) bond motifs is 1. The first-order valence-electron chi connectivity index (χ1n) is 8.65. The maximum absolute atomic E-state index is 12.6. The number of rotatable bonds is 2. The zero-order chi connectivity index (χ0) is 18.1. The standard InChI is InChI=1S/C18H21N7O/c1-12-10-19-13(2)17(21-12)24-6-8-25(9-7-24)18(26)22-15-4-3-5-16-14(15)11-20-23-16/h3-5,10-11H,6-9H2,1-2H3,(H,20,23)(H,22,26). The molecule has 2 amide bonds. The van der Waals surface area contributed by atoms with E-state index < -0.39 is 0 Å². The Morgan fingerprint density at radius 1 is 1.15 bits per heavy atom. The van der Waals surface area contributed by atoms with Crippen molar-refractivity contribution in [2.45, 2.75) is 13.8 Å². The van der Waals surface area contributed by atoms with Gasteiger partial charge < -0.3 is 15.1 Å². The lowest BCUT2D eigenvalue weighted by Crippen LogP contribution is -2.50. The number of aryl methyl sites for hydroxylation is 2. The van der Waals surface area contributed by atoms with Crippen LogP contribution in [0.25, 0.3) is 10.9 Å². The molecule has 1 aliphatic heterocycles. The quantitative estimate of drug-likeness (QED) is 0.739. The molecule has 1 aliphatic rings. The molecule has 0 spiro atoms. The number of hydrogen-bond donors (Lipinski definition) is 2. The fraction of sp³-hybridized carbons (Fsp3) is 0.333. The van der Waals surface area contributed by atoms with E-state index in [2.05, 4.69) is 30.4 Å². The summed E-state index contributed by atoms with van der Waals surface area (Å²) >= 11 is 0. The predicted octanol–water partition coefficient (Wildman–Crippen LogP) is 2.32. The molecule has 1 aromatic carbocycles. The van der Waals surface area contributed by atoms with Gasteiger partial charge in [-0.3, -0.25) is 10.1 Å². The van der Waals surface area contributed by atoms with E-state index in [-0.39, 0.29) is 6.03 Å². The van der Waals surface area contributed by atoms with Crippen molar-refractivity contribution in [3.63, 3.8) is 0 Å². The van der Waals surface area contributed by atoms with Crippen LogP contribution in [0.5, 0.6) is 0 Å². The first-order valence-corrected chi connectivity index (χ1v) is 8.65. The molecule has 0 unspecified atom stereocenters. The van der Waals surface area contributed by atoms with Crippen molar-refractivity contribution in [1.82, 2.24) is 25.1 Å². The maximum Gasteiger partial charge on any atom is 0.321 e. The molecule has 4 rings (SSSR count). The molecule has 8 nitrogen and oxygen atoms in total. The topological polar surface area (TPSA) is 90.0 Å². The molecular weight excluding hydrogens is 330 g/mol. The second-order valence-corrected chi connectivity index (χ2v) is 6.46. The molecule has 2 aromatic heterocycles. The Morgan fingerprint density at radius 3 is 2.77 bits per heavy atom. The molecule has 0 radical (unpaired) electrons. The van der Waals surface area contributed by atoms with Gasteiger partial charge in [-0.15, -0.1) is 0 Å². The summed E-state index contributed by atoms with van der Waals surface area (Å²) in [6.07, 6.45) is 3.50. The van der Waals surface area contributed by atoms with Crippen LogP contribution < -0.4 is 10.2 Å². The number of H-pyrrole nitrogens is 1. The Hall–Kier alpha value is -3.16. The Morgan fingerprint density at radius 2 is 1.96 bits per heavy atom. The van der Waals surface area contributed by atoms with Crippen LogP contribution in [-0.2, 0) is 0 Å². The van der Waals surface area contributed by atoms with Gasteiger partial charge in [0.15, 0.2) is 0 Å². The summed E-state index contributed by atoms with van der Waals surface area (Å²) in [5.41, 5.74) is 3.49. The summed E-state index contributed by atoms with van der Waals surface area (Å²) in [6.45, 7) is 6.66. The van der Waals surface area contributed by atoms with Gasteiger partial charge in [0.25, 0.3) is 0 Å². The SMILES string of the molecule is Cc1cnc(C)c(N2CCN(C(=O)Nc3cccc4[nH]ncc34)CC2)n1. The van der Waals surface area contributed by atoms with E-state index in [1.54, 1.807) is 12.4 Å². The smallest absolute Gasteiger partial charge is 0.321 e. The van der Waals surface area contributed by atoms with E-state index >= 15 is 0 Å². The van der Waals surface area contributed by atoms with E-state index in [0.29, 0.717) is 13.1 Å². The number of nitrogens with zero attached hydrogens (tertiary/aromatic N) is 5. The Balaban J connectivity index is 1.42. The molecule has 1 saturated heterocycles. The summed E-state index contributed by atoms with van der Waals surface area (Å²) < 4.78 is 0. The molecule has 3 aromatic rings. The van der Waals surface area contributed by atoms with Gasteiger partial charge in [-0.25, -0.2) is 9.78 Å². The minimum atomic E-state index is -0.0922. The normalized spacial score (nSPS) is 14.7. The van der Waals surface area contributed by atoms with Crippen molar-refractivity contribution < 1.29 is 4.79 Å². The van der Waals surface area contributed by atoms with Crippen LogP contribution in [-0.4, -0.2) is 57.3 Å². The highest BCUT2D eigenvalue weighted by molar-refractivity contribution is 6.00. The first kappa shape index (κ1) is 16.3. The molecule has 3 heterocycles. The zero-order valence-electron chi connectivity index (χ0n) is 14.9. The molecule has 0 atom stereocenters. The van der Waals surface area contributed by atoms with E-state index in [0.717, 1.165) is 46.9 Å². The lowest BCUT2D eigenvalue weighted by atomic mass is 10.2. The molecule has 134 valence electrons. The summed E-state index contributed by atoms with van der Waals surface area (Å²) in [5, 5.41) is 10.8. The van der Waals surface area contributed by atoms with Crippen molar-refractivity contribution in [3.8, 4) is 0 Å². The number of nitrogens with one attached hydrogen (secondary N) is 2. The van der Waals surface area contributed by atoms with E-state index in [1.165, 1.54) is 0 Å².